The average molecular weight is 306 g/mol. The van der Waals surface area contributed by atoms with Crippen LogP contribution in [0.3, 0.4) is 0 Å². The van der Waals surface area contributed by atoms with Crippen molar-refractivity contribution < 1.29 is 5.11 Å². The minimum Gasteiger partial charge on any atom is -0.388 e. The Hall–Kier alpha value is -2.40. The van der Waals surface area contributed by atoms with Crippen LogP contribution in [0.15, 0.2) is 43.0 Å². The molecule has 116 valence electrons. The second kappa shape index (κ2) is 4.55. The Bertz CT molecular complexity index is 894. The minimum atomic E-state index is -0.487. The van der Waals surface area contributed by atoms with Crippen LogP contribution in [0.25, 0.3) is 11.3 Å². The molecule has 23 heavy (non-hydrogen) atoms. The molecule has 3 aromatic rings. The fourth-order valence-corrected chi connectivity index (χ4v) is 4.33. The molecule has 5 rings (SSSR count). The summed E-state index contributed by atoms with van der Waals surface area (Å²) in [6.45, 7) is 0. The van der Waals surface area contributed by atoms with Gasteiger partial charge in [-0.15, -0.1) is 0 Å². The number of aromatic nitrogens is 4. The van der Waals surface area contributed by atoms with E-state index < -0.39 is 6.10 Å². The first-order chi connectivity index (χ1) is 11.2. The second-order valence-corrected chi connectivity index (χ2v) is 6.57. The molecule has 0 amide bonds. The van der Waals surface area contributed by atoms with E-state index in [0.717, 1.165) is 29.8 Å². The van der Waals surface area contributed by atoms with Crippen LogP contribution in [0.4, 0.5) is 0 Å². The van der Waals surface area contributed by atoms with Crippen molar-refractivity contribution >= 4 is 0 Å². The van der Waals surface area contributed by atoms with Gasteiger partial charge in [0.2, 0.25) is 0 Å². The lowest BCUT2D eigenvalue weighted by atomic mass is 9.78. The number of fused-ring (bicyclic) bond motifs is 4. The lowest BCUT2D eigenvalue weighted by Gasteiger charge is -2.33. The van der Waals surface area contributed by atoms with Crippen molar-refractivity contribution in [2.24, 2.45) is 13.0 Å². The van der Waals surface area contributed by atoms with Crippen LogP contribution in [-0.4, -0.2) is 24.4 Å². The zero-order valence-corrected chi connectivity index (χ0v) is 12.9. The Morgan fingerprint density at radius 2 is 2.09 bits per heavy atom. The van der Waals surface area contributed by atoms with Gasteiger partial charge in [0.15, 0.2) is 0 Å². The van der Waals surface area contributed by atoms with Gasteiger partial charge < -0.3 is 9.67 Å². The van der Waals surface area contributed by atoms with Crippen molar-refractivity contribution in [3.8, 4) is 11.3 Å². The standard InChI is InChI=1S/C18H18N4O/c1-21-9-14-15(20-21)7-6-13(18(14)23)17-12-5-3-2-4-11(12)16-8-19-10-22(16)17/h2-5,8-10,13,17-18,23H,6-7H2,1H3/t13-,17?,18-/m1/s1. The molecule has 3 heterocycles. The third-order valence-electron chi connectivity index (χ3n) is 5.30. The topological polar surface area (TPSA) is 55.9 Å². The Labute approximate surface area is 134 Å². The molecule has 1 aliphatic heterocycles. The highest BCUT2D eigenvalue weighted by Gasteiger charge is 2.41. The lowest BCUT2D eigenvalue weighted by molar-refractivity contribution is 0.0718. The van der Waals surface area contributed by atoms with Gasteiger partial charge in [-0.2, -0.15) is 5.10 Å². The maximum absolute atomic E-state index is 11.0. The SMILES string of the molecule is Cn1cc2c(n1)CC[C@H](C1c3ccccc3-c3cncn31)[C@H]2O. The van der Waals surface area contributed by atoms with Gasteiger partial charge in [0.05, 0.1) is 36.1 Å². The van der Waals surface area contributed by atoms with Gasteiger partial charge in [-0.1, -0.05) is 24.3 Å². The van der Waals surface area contributed by atoms with E-state index in [2.05, 4.69) is 38.9 Å². The highest BCUT2D eigenvalue weighted by molar-refractivity contribution is 5.69. The largest absolute Gasteiger partial charge is 0.388 e. The summed E-state index contributed by atoms with van der Waals surface area (Å²) in [4.78, 5) is 4.33. The average Bonchev–Trinajstić information content (AvgIpc) is 3.22. The predicted octanol–water partition coefficient (Wildman–Crippen LogP) is 2.48. The smallest absolute Gasteiger partial charge is 0.0956 e. The Balaban J connectivity index is 1.63. The van der Waals surface area contributed by atoms with Gasteiger partial charge in [0, 0.05) is 30.3 Å². The monoisotopic (exact) mass is 306 g/mol. The van der Waals surface area contributed by atoms with E-state index in [4.69, 9.17) is 0 Å². The van der Waals surface area contributed by atoms with Crippen molar-refractivity contribution in [1.29, 1.82) is 0 Å². The summed E-state index contributed by atoms with van der Waals surface area (Å²) in [7, 11) is 1.92. The highest BCUT2D eigenvalue weighted by Crippen LogP contribution is 2.49. The third kappa shape index (κ3) is 1.71. The van der Waals surface area contributed by atoms with E-state index in [9.17, 15) is 5.11 Å². The number of aryl methyl sites for hydroxylation is 2. The summed E-state index contributed by atoms with van der Waals surface area (Å²) < 4.78 is 4.03. The first-order valence-electron chi connectivity index (χ1n) is 8.05. The van der Waals surface area contributed by atoms with Gasteiger partial charge >= 0.3 is 0 Å². The van der Waals surface area contributed by atoms with Crippen LogP contribution in [0.2, 0.25) is 0 Å². The lowest BCUT2D eigenvalue weighted by Crippen LogP contribution is -2.28. The molecule has 2 aliphatic rings. The molecule has 1 aliphatic carbocycles. The summed E-state index contributed by atoms with van der Waals surface area (Å²) in [5.74, 6) is 0.142. The van der Waals surface area contributed by atoms with Crippen LogP contribution in [0.1, 0.15) is 35.4 Å². The number of hydrogen-bond donors (Lipinski definition) is 1. The number of imidazole rings is 1. The molecular weight excluding hydrogens is 288 g/mol. The third-order valence-corrected chi connectivity index (χ3v) is 5.30. The molecule has 2 aromatic heterocycles. The molecule has 1 N–H and O–H groups in total. The van der Waals surface area contributed by atoms with Gasteiger partial charge in [-0.25, -0.2) is 4.98 Å². The number of benzene rings is 1. The van der Waals surface area contributed by atoms with Gasteiger partial charge in [0.25, 0.3) is 0 Å². The normalized spacial score (nSPS) is 25.0. The van der Waals surface area contributed by atoms with Crippen LogP contribution in [0, 0.1) is 5.92 Å². The Kier molecular flexibility index (Phi) is 2.59. The van der Waals surface area contributed by atoms with Crippen molar-refractivity contribution in [3.05, 3.63) is 59.8 Å². The summed E-state index contributed by atoms with van der Waals surface area (Å²) in [6.07, 6.45) is 7.14. The fraction of sp³-hybridized carbons (Fsp3) is 0.333. The highest BCUT2D eigenvalue weighted by atomic mass is 16.3. The molecule has 0 saturated carbocycles. The molecule has 0 saturated heterocycles. The summed E-state index contributed by atoms with van der Waals surface area (Å²) in [5, 5.41) is 15.5. The molecule has 5 nitrogen and oxygen atoms in total. The van der Waals surface area contributed by atoms with Crippen molar-refractivity contribution in [1.82, 2.24) is 19.3 Å². The van der Waals surface area contributed by atoms with E-state index in [-0.39, 0.29) is 12.0 Å². The molecule has 5 heteroatoms. The quantitative estimate of drug-likeness (QED) is 0.751. The van der Waals surface area contributed by atoms with Crippen molar-refractivity contribution in [2.75, 3.05) is 0 Å². The first kappa shape index (κ1) is 13.1. The second-order valence-electron chi connectivity index (χ2n) is 6.57. The molecule has 3 atom stereocenters. The molecule has 1 aromatic carbocycles. The van der Waals surface area contributed by atoms with E-state index in [1.165, 1.54) is 11.1 Å². The zero-order valence-electron chi connectivity index (χ0n) is 12.9. The van der Waals surface area contributed by atoms with E-state index >= 15 is 0 Å². The summed E-state index contributed by atoms with van der Waals surface area (Å²) >= 11 is 0. The minimum absolute atomic E-state index is 0.142. The van der Waals surface area contributed by atoms with Crippen LogP contribution >= 0.6 is 0 Å². The van der Waals surface area contributed by atoms with Crippen molar-refractivity contribution in [2.45, 2.75) is 25.0 Å². The number of hydrogen-bond acceptors (Lipinski definition) is 3. The molecule has 0 fully saturated rings. The number of nitrogens with zero attached hydrogens (tertiary/aromatic N) is 4. The van der Waals surface area contributed by atoms with Gasteiger partial charge in [0.1, 0.15) is 0 Å². The van der Waals surface area contributed by atoms with Crippen LogP contribution in [0.5, 0.6) is 0 Å². The maximum atomic E-state index is 11.0. The van der Waals surface area contributed by atoms with Gasteiger partial charge in [-0.3, -0.25) is 4.68 Å². The zero-order chi connectivity index (χ0) is 15.6. The number of aliphatic hydroxyl groups is 1. The van der Waals surface area contributed by atoms with E-state index in [1.807, 2.05) is 30.5 Å². The molecule has 1 unspecified atom stereocenters. The van der Waals surface area contributed by atoms with Crippen LogP contribution < -0.4 is 0 Å². The molecule has 0 bridgehead atoms. The first-order valence-corrected chi connectivity index (χ1v) is 8.05. The molecular formula is C18H18N4O. The summed E-state index contributed by atoms with van der Waals surface area (Å²) in [6, 6.07) is 8.62. The van der Waals surface area contributed by atoms with Crippen LogP contribution in [-0.2, 0) is 13.5 Å². The van der Waals surface area contributed by atoms with Crippen molar-refractivity contribution in [3.63, 3.8) is 0 Å². The molecule has 0 radical (unpaired) electrons. The Morgan fingerprint density at radius 1 is 1.22 bits per heavy atom. The van der Waals surface area contributed by atoms with E-state index in [0.29, 0.717) is 0 Å². The molecule has 0 spiro atoms. The predicted molar refractivity (Wildman–Crippen MR) is 85.8 cm³/mol. The van der Waals surface area contributed by atoms with Gasteiger partial charge in [-0.05, 0) is 18.4 Å². The number of aliphatic hydroxyl groups excluding tert-OH is 1. The fourth-order valence-electron chi connectivity index (χ4n) is 4.33. The maximum Gasteiger partial charge on any atom is 0.0956 e. The Morgan fingerprint density at radius 3 is 3.00 bits per heavy atom. The summed E-state index contributed by atoms with van der Waals surface area (Å²) in [5.41, 5.74) is 5.69. The van der Waals surface area contributed by atoms with E-state index in [1.54, 1.807) is 0 Å². The number of rotatable bonds is 1.